The molecule has 2 rings (SSSR count). The van der Waals surface area contributed by atoms with Crippen LogP contribution in [-0.2, 0) is 29.8 Å². The zero-order chi connectivity index (χ0) is 18.3. The normalized spacial score (nSPS) is 14.2. The summed E-state index contributed by atoms with van der Waals surface area (Å²) in [7, 11) is -8.72. The van der Waals surface area contributed by atoms with E-state index in [2.05, 4.69) is 5.10 Å². The van der Waals surface area contributed by atoms with Crippen LogP contribution < -0.4 is 64.4 Å². The average Bonchev–Trinajstić information content (AvgIpc) is 2.76. The molecule has 0 spiro atoms. The molecule has 130 valence electrons. The first kappa shape index (κ1) is 25.7. The Balaban J connectivity index is 0.00000312. The van der Waals surface area contributed by atoms with Crippen LogP contribution in [0, 0.1) is 0 Å². The molecule has 0 fully saturated rings. The van der Waals surface area contributed by atoms with Crippen LogP contribution in [-0.4, -0.2) is 55.5 Å². The predicted molar refractivity (Wildman–Crippen MR) is 75.8 cm³/mol. The molecule has 0 bridgehead atoms. The summed E-state index contributed by atoms with van der Waals surface area (Å²) < 4.78 is 66.6. The summed E-state index contributed by atoms with van der Waals surface area (Å²) in [6.45, 7) is 0. The van der Waals surface area contributed by atoms with Crippen LogP contribution in [0.25, 0.3) is 0 Å². The summed E-state index contributed by atoms with van der Waals surface area (Å²) in [5.41, 5.74) is -0.969. The van der Waals surface area contributed by atoms with Crippen LogP contribution in [0.5, 0.6) is 0 Å². The van der Waals surface area contributed by atoms with E-state index < -0.39 is 47.5 Å². The van der Waals surface area contributed by atoms with Crippen LogP contribution in [0.4, 0.5) is 5.69 Å². The van der Waals surface area contributed by atoms with Gasteiger partial charge in [-0.15, -0.1) is 0 Å². The number of rotatable bonds is 4. The molecular formula is C11H9N3Na2O8S2. The summed E-state index contributed by atoms with van der Waals surface area (Å²) in [6.07, 6.45) is -0.360. The van der Waals surface area contributed by atoms with Gasteiger partial charge in [0.2, 0.25) is 5.91 Å². The number of carbonyl (C=O) groups excluding carboxylic acids is 2. The first-order valence-electron chi connectivity index (χ1n) is 6.11. The minimum absolute atomic E-state index is 0. The van der Waals surface area contributed by atoms with Crippen LogP contribution in [0.15, 0.2) is 33.1 Å². The number of anilines is 1. The number of hydrogen-bond acceptors (Lipinski definition) is 9. The number of hydrogen-bond donors (Lipinski definition) is 1. The molecule has 11 nitrogen and oxygen atoms in total. The zero-order valence-corrected chi connectivity index (χ0v) is 19.5. The number of hydrazone groups is 1. The molecule has 0 atom stereocenters. The number of amides is 2. The fourth-order valence-electron chi connectivity index (χ4n) is 1.83. The van der Waals surface area contributed by atoms with Crippen LogP contribution in [0.2, 0.25) is 0 Å². The van der Waals surface area contributed by atoms with Crippen LogP contribution in [0.3, 0.4) is 0 Å². The van der Waals surface area contributed by atoms with Gasteiger partial charge in [0, 0.05) is 7.05 Å². The Morgan fingerprint density at radius 3 is 2.15 bits per heavy atom. The SMILES string of the molecule is CN1N=C(C(=O)Nc2cc(S(=O)(=O)[O-])ccc2S(=O)(=O)[O-])CC1=O.[Na+].[Na+]. The van der Waals surface area contributed by atoms with Gasteiger partial charge in [-0.25, -0.2) is 21.8 Å². The van der Waals surface area contributed by atoms with E-state index in [1.54, 1.807) is 0 Å². The Morgan fingerprint density at radius 2 is 1.73 bits per heavy atom. The van der Waals surface area contributed by atoms with E-state index in [1.165, 1.54) is 7.05 Å². The van der Waals surface area contributed by atoms with Gasteiger partial charge in [0.15, 0.2) is 0 Å². The van der Waals surface area contributed by atoms with Gasteiger partial charge in [-0.1, -0.05) is 0 Å². The van der Waals surface area contributed by atoms with E-state index in [1.807, 2.05) is 5.32 Å². The quantitative estimate of drug-likeness (QED) is 0.368. The Morgan fingerprint density at radius 1 is 1.15 bits per heavy atom. The molecule has 26 heavy (non-hydrogen) atoms. The van der Waals surface area contributed by atoms with Crippen molar-refractivity contribution in [3.8, 4) is 0 Å². The molecule has 1 aromatic carbocycles. The molecule has 1 aliphatic heterocycles. The standard InChI is InChI=1S/C11H11N3O8S2.2Na/c1-14-10(15)5-8(13-14)11(16)12-7-4-6(23(17,18)19)2-3-9(7)24(20,21)22;;/h2-4H,5H2,1H3,(H,12,16)(H,17,18,19)(H,20,21,22);;/q;2*+1/p-2. The number of benzene rings is 1. The third-order valence-electron chi connectivity index (χ3n) is 2.97. The minimum atomic E-state index is -5.07. The second-order valence-corrected chi connectivity index (χ2v) is 7.39. The summed E-state index contributed by atoms with van der Waals surface area (Å²) in [5, 5.41) is 6.48. The number of nitrogens with zero attached hydrogens (tertiary/aromatic N) is 2. The monoisotopic (exact) mass is 421 g/mol. The van der Waals surface area contributed by atoms with Crippen molar-refractivity contribution in [2.24, 2.45) is 5.10 Å². The van der Waals surface area contributed by atoms with Crippen molar-refractivity contribution in [1.29, 1.82) is 0 Å². The maximum atomic E-state index is 12.0. The van der Waals surface area contributed by atoms with Crippen molar-refractivity contribution in [2.75, 3.05) is 12.4 Å². The van der Waals surface area contributed by atoms with Crippen LogP contribution >= 0.6 is 0 Å². The number of carbonyl (C=O) groups is 2. The van der Waals surface area contributed by atoms with Crippen molar-refractivity contribution in [2.45, 2.75) is 16.2 Å². The van der Waals surface area contributed by atoms with E-state index in [-0.39, 0.29) is 71.2 Å². The van der Waals surface area contributed by atoms with Gasteiger partial charge in [0.05, 0.1) is 21.9 Å². The molecule has 1 N–H and O–H groups in total. The van der Waals surface area contributed by atoms with E-state index in [4.69, 9.17) is 0 Å². The van der Waals surface area contributed by atoms with E-state index in [0.29, 0.717) is 18.2 Å². The van der Waals surface area contributed by atoms with Crippen molar-refractivity contribution >= 4 is 43.4 Å². The fourth-order valence-corrected chi connectivity index (χ4v) is 2.94. The average molecular weight is 421 g/mol. The molecule has 1 heterocycles. The Kier molecular flexibility index (Phi) is 9.11. The molecule has 1 aromatic rings. The van der Waals surface area contributed by atoms with E-state index >= 15 is 0 Å². The van der Waals surface area contributed by atoms with Crippen LogP contribution in [0.1, 0.15) is 6.42 Å². The second-order valence-electron chi connectivity index (χ2n) is 4.66. The topological polar surface area (TPSA) is 176 Å². The molecule has 2 amide bonds. The van der Waals surface area contributed by atoms with Crippen molar-refractivity contribution < 1.29 is 94.6 Å². The molecule has 0 saturated carbocycles. The van der Waals surface area contributed by atoms with Gasteiger partial charge in [-0.2, -0.15) is 5.10 Å². The molecule has 0 unspecified atom stereocenters. The molecule has 1 aliphatic rings. The summed E-state index contributed by atoms with van der Waals surface area (Å²) in [4.78, 5) is 21.5. The van der Waals surface area contributed by atoms with Gasteiger partial charge >= 0.3 is 59.1 Å². The third kappa shape index (κ3) is 6.09. The Bertz CT molecular complexity index is 975. The minimum Gasteiger partial charge on any atom is -0.744 e. The first-order valence-corrected chi connectivity index (χ1v) is 8.92. The number of nitrogens with one attached hydrogen (secondary N) is 1. The van der Waals surface area contributed by atoms with Gasteiger partial charge in [-0.3, -0.25) is 9.59 Å². The maximum absolute atomic E-state index is 12.0. The van der Waals surface area contributed by atoms with Crippen molar-refractivity contribution in [1.82, 2.24) is 5.01 Å². The molecule has 0 aliphatic carbocycles. The molecule has 15 heteroatoms. The summed E-state index contributed by atoms with van der Waals surface area (Å²) in [6, 6.07) is 1.77. The zero-order valence-electron chi connectivity index (χ0n) is 13.9. The molecule has 0 saturated heterocycles. The summed E-state index contributed by atoms with van der Waals surface area (Å²) >= 11 is 0. The molecular weight excluding hydrogens is 412 g/mol. The van der Waals surface area contributed by atoms with Crippen molar-refractivity contribution in [3.05, 3.63) is 18.2 Å². The smallest absolute Gasteiger partial charge is 0.744 e. The van der Waals surface area contributed by atoms with Gasteiger partial charge in [0.25, 0.3) is 5.91 Å². The van der Waals surface area contributed by atoms with Gasteiger partial charge in [-0.05, 0) is 18.2 Å². The molecule has 0 radical (unpaired) electrons. The van der Waals surface area contributed by atoms with Gasteiger partial charge in [0.1, 0.15) is 25.9 Å². The maximum Gasteiger partial charge on any atom is 1.00 e. The third-order valence-corrected chi connectivity index (χ3v) is 4.70. The fraction of sp³-hybridized carbons (Fsp3) is 0.182. The second kappa shape index (κ2) is 9.23. The van der Waals surface area contributed by atoms with Crippen molar-refractivity contribution in [3.63, 3.8) is 0 Å². The Hall–Kier alpha value is -0.350. The first-order chi connectivity index (χ1) is 10.9. The van der Waals surface area contributed by atoms with E-state index in [0.717, 1.165) is 5.01 Å². The molecule has 0 aromatic heterocycles. The predicted octanol–water partition coefficient (Wildman–Crippen LogP) is -7.34. The largest absolute Gasteiger partial charge is 1.00 e. The Labute approximate surface area is 193 Å². The summed E-state index contributed by atoms with van der Waals surface area (Å²) in [5.74, 6) is -1.51. The van der Waals surface area contributed by atoms with Gasteiger partial charge < -0.3 is 14.4 Å². The van der Waals surface area contributed by atoms with E-state index in [9.17, 15) is 35.5 Å².